The van der Waals surface area contributed by atoms with E-state index in [0.29, 0.717) is 34.3 Å². The van der Waals surface area contributed by atoms with E-state index in [-0.39, 0.29) is 5.13 Å². The summed E-state index contributed by atoms with van der Waals surface area (Å²) in [5, 5.41) is 11.4. The van der Waals surface area contributed by atoms with Crippen LogP contribution in [0.15, 0.2) is 79.4 Å². The number of aromatic nitrogens is 6. The van der Waals surface area contributed by atoms with E-state index in [2.05, 4.69) is 57.5 Å². The molecule has 0 fully saturated rings. The molecule has 0 unspecified atom stereocenters. The molecule has 192 valence electrons. The smallest absolute Gasteiger partial charge is 0.181 e. The van der Waals surface area contributed by atoms with Gasteiger partial charge in [-0.1, -0.05) is 33.1 Å². The van der Waals surface area contributed by atoms with Gasteiger partial charge in [0.2, 0.25) is 0 Å². The molecular formula is C29H28FN7S. The lowest BCUT2D eigenvalue weighted by atomic mass is 10.0. The maximum absolute atomic E-state index is 13.7. The molecule has 38 heavy (non-hydrogen) atoms. The van der Waals surface area contributed by atoms with E-state index in [1.165, 1.54) is 6.07 Å². The van der Waals surface area contributed by atoms with E-state index in [1.54, 1.807) is 24.5 Å². The summed E-state index contributed by atoms with van der Waals surface area (Å²) >= 11 is 1.04. The quantitative estimate of drug-likeness (QED) is 0.174. The maximum atomic E-state index is 13.7. The van der Waals surface area contributed by atoms with Crippen molar-refractivity contribution in [2.45, 2.75) is 27.2 Å². The van der Waals surface area contributed by atoms with Crippen LogP contribution < -0.4 is 5.32 Å². The highest BCUT2D eigenvalue weighted by Gasteiger charge is 2.17. The number of thiophene rings is 1. The van der Waals surface area contributed by atoms with Gasteiger partial charge in [-0.3, -0.25) is 10.1 Å². The third-order valence-electron chi connectivity index (χ3n) is 6.00. The zero-order valence-electron chi connectivity index (χ0n) is 21.5. The van der Waals surface area contributed by atoms with Crippen LogP contribution in [-0.2, 0) is 0 Å². The van der Waals surface area contributed by atoms with Gasteiger partial charge in [0, 0.05) is 29.4 Å². The number of hydrogen-bond acceptors (Lipinski definition) is 6. The summed E-state index contributed by atoms with van der Waals surface area (Å²) in [5.74, 6) is 1.11. The van der Waals surface area contributed by atoms with Gasteiger partial charge in [0.15, 0.2) is 16.6 Å². The molecule has 7 nitrogen and oxygen atoms in total. The third kappa shape index (κ3) is 5.05. The second-order valence-corrected chi connectivity index (χ2v) is 10.3. The number of H-pyrrole nitrogens is 2. The lowest BCUT2D eigenvalue weighted by Crippen LogP contribution is -2.12. The molecule has 5 aromatic heterocycles. The fourth-order valence-electron chi connectivity index (χ4n) is 4.31. The van der Waals surface area contributed by atoms with E-state index in [9.17, 15) is 4.39 Å². The number of aromatic amines is 2. The number of imidazole rings is 1. The molecule has 0 saturated carbocycles. The molecule has 0 aliphatic rings. The number of hydrogen-bond donors (Lipinski definition) is 3. The molecule has 9 heteroatoms. The molecule has 0 atom stereocenters. The van der Waals surface area contributed by atoms with Crippen LogP contribution in [0.1, 0.15) is 32.8 Å². The number of pyridine rings is 2. The second-order valence-electron chi connectivity index (χ2n) is 9.31. The van der Waals surface area contributed by atoms with Crippen LogP contribution in [0.3, 0.4) is 0 Å². The molecule has 0 bridgehead atoms. The molecule has 0 amide bonds. The molecule has 0 radical (unpaired) electrons. The summed E-state index contributed by atoms with van der Waals surface area (Å²) in [6.07, 6.45) is 10.2. The topological polar surface area (TPSA) is 95.2 Å². The van der Waals surface area contributed by atoms with Gasteiger partial charge >= 0.3 is 0 Å². The van der Waals surface area contributed by atoms with E-state index in [4.69, 9.17) is 4.98 Å². The number of halogens is 1. The molecule has 0 aliphatic carbocycles. The van der Waals surface area contributed by atoms with Crippen LogP contribution in [-0.4, -0.2) is 30.1 Å². The second kappa shape index (κ2) is 10.5. The number of nitrogens with zero attached hydrogens (tertiary/aromatic N) is 4. The molecule has 0 saturated heterocycles. The minimum absolute atomic E-state index is 0.263. The predicted molar refractivity (Wildman–Crippen MR) is 154 cm³/mol. The van der Waals surface area contributed by atoms with Gasteiger partial charge < -0.3 is 10.3 Å². The highest BCUT2D eigenvalue weighted by atomic mass is 32.1. The zero-order valence-corrected chi connectivity index (χ0v) is 22.3. The summed E-state index contributed by atoms with van der Waals surface area (Å²) in [5.41, 5.74) is 7.08. The van der Waals surface area contributed by atoms with Crippen molar-refractivity contribution in [2.24, 2.45) is 5.92 Å². The highest BCUT2D eigenvalue weighted by Crippen LogP contribution is 2.33. The summed E-state index contributed by atoms with van der Waals surface area (Å²) in [6, 6.07) is 7.04. The molecule has 3 N–H and O–H groups in total. The van der Waals surface area contributed by atoms with Crippen molar-refractivity contribution in [3.8, 4) is 22.1 Å². The maximum Gasteiger partial charge on any atom is 0.181 e. The first-order valence-electron chi connectivity index (χ1n) is 12.3. The van der Waals surface area contributed by atoms with Crippen LogP contribution in [0.2, 0.25) is 0 Å². The Hall–Kier alpha value is -4.37. The summed E-state index contributed by atoms with van der Waals surface area (Å²) in [4.78, 5) is 17.9. The standard InChI is InChI=1S/C29H28FN7S/c1-6-18(13-20(7-2)33-17(5)12-16(3)4)19-14-21-25(36-37-28(21)32-15-19)29-34-22-10-11-31-27(26(22)35-29)23-8-9-24(30)38-23/h6-11,13-16,33H,2,5,12H2,1,3-4H3,(H,34,35)(H,32,36,37)/b18-6+,20-13+. The molecule has 0 aliphatic heterocycles. The fraction of sp³-hybridized carbons (Fsp3) is 0.172. The molecule has 5 aromatic rings. The Morgan fingerprint density at radius 1 is 1.24 bits per heavy atom. The van der Waals surface area contributed by atoms with Crippen LogP contribution >= 0.6 is 11.3 Å². The highest BCUT2D eigenvalue weighted by molar-refractivity contribution is 7.13. The summed E-state index contributed by atoms with van der Waals surface area (Å²) in [7, 11) is 0. The first-order valence-corrected chi connectivity index (χ1v) is 13.1. The number of fused-ring (bicyclic) bond motifs is 2. The molecular weight excluding hydrogens is 497 g/mol. The van der Waals surface area contributed by atoms with Crippen molar-refractivity contribution in [1.82, 2.24) is 35.5 Å². The number of rotatable bonds is 9. The van der Waals surface area contributed by atoms with Gasteiger partial charge in [0.1, 0.15) is 16.9 Å². The predicted octanol–water partition coefficient (Wildman–Crippen LogP) is 7.39. The van der Waals surface area contributed by atoms with E-state index in [1.807, 2.05) is 31.2 Å². The van der Waals surface area contributed by atoms with Crippen molar-refractivity contribution >= 4 is 39.0 Å². The van der Waals surface area contributed by atoms with Crippen LogP contribution in [0.25, 0.3) is 49.7 Å². The van der Waals surface area contributed by atoms with Crippen LogP contribution in [0.4, 0.5) is 4.39 Å². The normalized spacial score (nSPS) is 12.6. The molecule has 0 spiro atoms. The lowest BCUT2D eigenvalue weighted by molar-refractivity contribution is 0.622. The summed E-state index contributed by atoms with van der Waals surface area (Å²) in [6.45, 7) is 14.4. The van der Waals surface area contributed by atoms with Crippen LogP contribution in [0.5, 0.6) is 0 Å². The van der Waals surface area contributed by atoms with Crippen LogP contribution in [0, 0.1) is 11.0 Å². The Bertz CT molecular complexity index is 1720. The SMILES string of the molecule is C=C/C(=C\C(=C/C)c1cnc2n[nH]c(-c3nc4c(-c5ccc(F)s5)nccc4[nH]3)c2c1)NC(=C)CC(C)C. The van der Waals surface area contributed by atoms with Gasteiger partial charge in [-0.2, -0.15) is 9.49 Å². The minimum atomic E-state index is -0.263. The Morgan fingerprint density at radius 3 is 2.79 bits per heavy atom. The Balaban J connectivity index is 1.52. The van der Waals surface area contributed by atoms with E-state index >= 15 is 0 Å². The number of allylic oxidation sites excluding steroid dienone is 5. The van der Waals surface area contributed by atoms with E-state index in [0.717, 1.165) is 56.1 Å². The van der Waals surface area contributed by atoms with Crippen molar-refractivity contribution in [3.63, 3.8) is 0 Å². The van der Waals surface area contributed by atoms with Crippen molar-refractivity contribution in [1.29, 1.82) is 0 Å². The Labute approximate surface area is 224 Å². The minimum Gasteiger partial charge on any atom is -0.359 e. The third-order valence-corrected chi connectivity index (χ3v) is 6.89. The van der Waals surface area contributed by atoms with Gasteiger partial charge in [-0.05, 0) is 61.3 Å². The first-order chi connectivity index (χ1) is 18.4. The zero-order chi connectivity index (χ0) is 26.8. The summed E-state index contributed by atoms with van der Waals surface area (Å²) < 4.78 is 13.7. The van der Waals surface area contributed by atoms with Gasteiger partial charge in [0.25, 0.3) is 0 Å². The first kappa shape index (κ1) is 25.3. The van der Waals surface area contributed by atoms with Crippen molar-refractivity contribution in [2.75, 3.05) is 0 Å². The fourth-order valence-corrected chi connectivity index (χ4v) is 5.04. The number of nitrogens with one attached hydrogen (secondary N) is 3. The molecule has 5 rings (SSSR count). The largest absolute Gasteiger partial charge is 0.359 e. The van der Waals surface area contributed by atoms with Gasteiger partial charge in [-0.25, -0.2) is 9.97 Å². The Kier molecular flexibility index (Phi) is 7.02. The monoisotopic (exact) mass is 525 g/mol. The van der Waals surface area contributed by atoms with Gasteiger partial charge in [-0.15, -0.1) is 11.3 Å². The van der Waals surface area contributed by atoms with Gasteiger partial charge in [0.05, 0.1) is 15.8 Å². The Morgan fingerprint density at radius 2 is 2.08 bits per heavy atom. The lowest BCUT2D eigenvalue weighted by Gasteiger charge is -2.13. The molecule has 0 aromatic carbocycles. The van der Waals surface area contributed by atoms with Crippen molar-refractivity contribution < 1.29 is 4.39 Å². The van der Waals surface area contributed by atoms with Crippen molar-refractivity contribution in [3.05, 3.63) is 90.1 Å². The molecule has 5 heterocycles. The average Bonchev–Trinajstić information content (AvgIpc) is 3.63. The van der Waals surface area contributed by atoms with E-state index < -0.39 is 0 Å². The average molecular weight is 526 g/mol.